The van der Waals surface area contributed by atoms with Gasteiger partial charge in [0, 0.05) is 13.1 Å². The summed E-state index contributed by atoms with van der Waals surface area (Å²) in [6, 6.07) is 0. The molecule has 0 bridgehead atoms. The number of carbonyl (C=O) groups excluding carboxylic acids is 1. The lowest BCUT2D eigenvalue weighted by Crippen LogP contribution is -2.40. The highest BCUT2D eigenvalue weighted by molar-refractivity contribution is 7.99. The average Bonchev–Trinajstić information content (AvgIpc) is 2.72. The Balaban J connectivity index is 1.80. The maximum atomic E-state index is 11.9. The van der Waals surface area contributed by atoms with Crippen LogP contribution in [0.1, 0.15) is 19.8 Å². The van der Waals surface area contributed by atoms with E-state index in [9.17, 15) is 4.79 Å². The first-order chi connectivity index (χ1) is 8.15. The van der Waals surface area contributed by atoms with E-state index in [1.165, 1.54) is 18.2 Å². The van der Waals surface area contributed by atoms with E-state index in [1.807, 2.05) is 4.90 Å². The van der Waals surface area contributed by atoms with E-state index in [4.69, 9.17) is 5.73 Å². The van der Waals surface area contributed by atoms with Crippen LogP contribution in [0.5, 0.6) is 0 Å². The number of hydrogen-bond donors (Lipinski definition) is 2. The van der Waals surface area contributed by atoms with Crippen molar-refractivity contribution in [2.24, 2.45) is 5.92 Å². The Hall–Kier alpha value is -1.24. The van der Waals surface area contributed by atoms with Crippen LogP contribution in [0.15, 0.2) is 5.16 Å². The smallest absolute Gasteiger partial charge is 0.233 e. The fourth-order valence-corrected chi connectivity index (χ4v) is 2.66. The molecule has 17 heavy (non-hydrogen) atoms. The number of amides is 1. The first-order valence-electron chi connectivity index (χ1n) is 5.73. The minimum atomic E-state index is 0.157. The number of aromatic nitrogens is 3. The minimum absolute atomic E-state index is 0.157. The van der Waals surface area contributed by atoms with Gasteiger partial charge in [-0.2, -0.15) is 4.98 Å². The summed E-state index contributed by atoms with van der Waals surface area (Å²) in [4.78, 5) is 17.8. The van der Waals surface area contributed by atoms with Gasteiger partial charge in [-0.05, 0) is 18.8 Å². The third kappa shape index (κ3) is 3.36. The van der Waals surface area contributed by atoms with E-state index in [0.29, 0.717) is 16.8 Å². The Labute approximate surface area is 104 Å². The Morgan fingerprint density at radius 1 is 1.71 bits per heavy atom. The number of nitrogens with two attached hydrogens (primary N) is 1. The minimum Gasteiger partial charge on any atom is -0.368 e. The molecule has 0 aliphatic carbocycles. The number of rotatable bonds is 3. The predicted molar refractivity (Wildman–Crippen MR) is 66.5 cm³/mol. The number of hydrogen-bond acceptors (Lipinski definition) is 5. The topological polar surface area (TPSA) is 87.9 Å². The fraction of sp³-hybridized carbons (Fsp3) is 0.700. The normalized spacial score (nSPS) is 20.5. The molecular weight excluding hydrogens is 238 g/mol. The number of carbonyl (C=O) groups is 1. The molecule has 7 heteroatoms. The van der Waals surface area contributed by atoms with Crippen molar-refractivity contribution in [3.05, 3.63) is 0 Å². The summed E-state index contributed by atoms with van der Waals surface area (Å²) in [5.41, 5.74) is 5.41. The third-order valence-electron chi connectivity index (χ3n) is 2.82. The van der Waals surface area contributed by atoms with Gasteiger partial charge in [-0.1, -0.05) is 18.7 Å². The molecule has 2 heterocycles. The molecule has 94 valence electrons. The quantitative estimate of drug-likeness (QED) is 0.778. The number of nitrogen functional groups attached to an aromatic ring is 1. The summed E-state index contributed by atoms with van der Waals surface area (Å²) in [6.45, 7) is 3.93. The molecule has 1 atom stereocenters. The zero-order valence-corrected chi connectivity index (χ0v) is 10.7. The number of thioether (sulfide) groups is 1. The summed E-state index contributed by atoms with van der Waals surface area (Å²) in [5.74, 6) is 1.43. The number of piperidine rings is 1. The average molecular weight is 255 g/mol. The molecule has 0 saturated carbocycles. The Morgan fingerprint density at radius 3 is 3.18 bits per heavy atom. The van der Waals surface area contributed by atoms with Crippen molar-refractivity contribution in [2.75, 3.05) is 24.6 Å². The molecule has 1 saturated heterocycles. The number of anilines is 1. The summed E-state index contributed by atoms with van der Waals surface area (Å²) in [6.07, 6.45) is 2.32. The predicted octanol–water partition coefficient (Wildman–Crippen LogP) is 0.738. The van der Waals surface area contributed by atoms with Crippen LogP contribution in [0, 0.1) is 5.92 Å². The number of aromatic amines is 1. The van der Waals surface area contributed by atoms with E-state index in [2.05, 4.69) is 22.1 Å². The second-order valence-corrected chi connectivity index (χ2v) is 5.32. The summed E-state index contributed by atoms with van der Waals surface area (Å²) < 4.78 is 0. The van der Waals surface area contributed by atoms with Crippen LogP contribution in [0.2, 0.25) is 0 Å². The van der Waals surface area contributed by atoms with Crippen molar-refractivity contribution in [1.29, 1.82) is 0 Å². The first-order valence-corrected chi connectivity index (χ1v) is 6.72. The lowest BCUT2D eigenvalue weighted by molar-refractivity contribution is -0.130. The lowest BCUT2D eigenvalue weighted by atomic mass is 10.0. The van der Waals surface area contributed by atoms with Crippen LogP contribution >= 0.6 is 11.8 Å². The van der Waals surface area contributed by atoms with Crippen molar-refractivity contribution in [3.63, 3.8) is 0 Å². The Kier molecular flexibility index (Phi) is 3.88. The van der Waals surface area contributed by atoms with E-state index in [-0.39, 0.29) is 11.9 Å². The molecule has 0 aromatic carbocycles. The number of H-pyrrole nitrogens is 1. The largest absolute Gasteiger partial charge is 0.368 e. The molecular formula is C10H17N5OS. The summed E-state index contributed by atoms with van der Waals surface area (Å²) in [5, 5.41) is 6.96. The molecule has 1 aromatic rings. The van der Waals surface area contributed by atoms with Gasteiger partial charge in [-0.3, -0.25) is 4.79 Å². The highest BCUT2D eigenvalue weighted by Crippen LogP contribution is 2.18. The maximum Gasteiger partial charge on any atom is 0.233 e. The van der Waals surface area contributed by atoms with E-state index >= 15 is 0 Å². The van der Waals surface area contributed by atoms with Crippen molar-refractivity contribution >= 4 is 23.6 Å². The van der Waals surface area contributed by atoms with E-state index in [1.54, 1.807) is 0 Å². The van der Waals surface area contributed by atoms with Gasteiger partial charge in [-0.15, -0.1) is 5.10 Å². The lowest BCUT2D eigenvalue weighted by Gasteiger charge is -2.30. The second-order valence-electron chi connectivity index (χ2n) is 4.38. The molecule has 0 unspecified atom stereocenters. The van der Waals surface area contributed by atoms with Crippen LogP contribution in [0.3, 0.4) is 0 Å². The molecule has 1 amide bonds. The van der Waals surface area contributed by atoms with Crippen molar-refractivity contribution in [1.82, 2.24) is 20.1 Å². The van der Waals surface area contributed by atoms with Gasteiger partial charge in [0.1, 0.15) is 0 Å². The number of nitrogens with one attached hydrogen (secondary N) is 1. The molecule has 1 aromatic heterocycles. The zero-order chi connectivity index (χ0) is 12.3. The van der Waals surface area contributed by atoms with Gasteiger partial charge in [0.05, 0.1) is 5.75 Å². The monoisotopic (exact) mass is 255 g/mol. The standard InChI is InChI=1S/C10H17N5OS/c1-7-3-2-4-15(5-7)8(16)6-17-10-12-9(11)13-14-10/h7H,2-6H2,1H3,(H3,11,12,13,14)/t7-/m0/s1. The summed E-state index contributed by atoms with van der Waals surface area (Å²) in [7, 11) is 0. The fourth-order valence-electron chi connectivity index (χ4n) is 1.96. The second kappa shape index (κ2) is 5.39. The maximum absolute atomic E-state index is 11.9. The van der Waals surface area contributed by atoms with Gasteiger partial charge in [0.2, 0.25) is 17.0 Å². The first kappa shape index (κ1) is 12.2. The van der Waals surface area contributed by atoms with E-state index in [0.717, 1.165) is 19.5 Å². The van der Waals surface area contributed by atoms with Crippen molar-refractivity contribution in [3.8, 4) is 0 Å². The Bertz CT molecular complexity index is 394. The molecule has 6 nitrogen and oxygen atoms in total. The molecule has 0 spiro atoms. The highest BCUT2D eigenvalue weighted by Gasteiger charge is 2.21. The van der Waals surface area contributed by atoms with Gasteiger partial charge >= 0.3 is 0 Å². The van der Waals surface area contributed by atoms with Crippen LogP contribution in [0.25, 0.3) is 0 Å². The SMILES string of the molecule is C[C@H]1CCCN(C(=O)CSc2n[nH]c(N)n2)C1. The number of nitrogens with zero attached hydrogens (tertiary/aromatic N) is 3. The molecule has 3 N–H and O–H groups in total. The van der Waals surface area contributed by atoms with E-state index < -0.39 is 0 Å². The van der Waals surface area contributed by atoms with Gasteiger partial charge in [-0.25, -0.2) is 5.10 Å². The molecule has 1 aliphatic rings. The van der Waals surface area contributed by atoms with Gasteiger partial charge in [0.25, 0.3) is 0 Å². The van der Waals surface area contributed by atoms with Crippen molar-refractivity contribution < 1.29 is 4.79 Å². The highest BCUT2D eigenvalue weighted by atomic mass is 32.2. The van der Waals surface area contributed by atoms with Crippen LogP contribution < -0.4 is 5.73 Å². The Morgan fingerprint density at radius 2 is 2.53 bits per heavy atom. The summed E-state index contributed by atoms with van der Waals surface area (Å²) >= 11 is 1.32. The van der Waals surface area contributed by atoms with Crippen molar-refractivity contribution in [2.45, 2.75) is 24.9 Å². The third-order valence-corrected chi connectivity index (χ3v) is 3.65. The molecule has 1 fully saturated rings. The number of likely N-dealkylation sites (tertiary alicyclic amines) is 1. The zero-order valence-electron chi connectivity index (χ0n) is 9.85. The van der Waals surface area contributed by atoms with Crippen LogP contribution in [-0.4, -0.2) is 44.8 Å². The molecule has 1 aliphatic heterocycles. The molecule has 2 rings (SSSR count). The molecule has 0 radical (unpaired) electrons. The van der Waals surface area contributed by atoms with Gasteiger partial charge < -0.3 is 10.6 Å². The van der Waals surface area contributed by atoms with Gasteiger partial charge in [0.15, 0.2) is 0 Å². The van der Waals surface area contributed by atoms with Crippen LogP contribution in [-0.2, 0) is 4.79 Å². The van der Waals surface area contributed by atoms with Crippen LogP contribution in [0.4, 0.5) is 5.95 Å².